The number of sulfonamides is 1. The first-order valence-corrected chi connectivity index (χ1v) is 10.1. The lowest BCUT2D eigenvalue weighted by Crippen LogP contribution is -2.37. The molecule has 1 heterocycles. The Morgan fingerprint density at radius 2 is 1.95 bits per heavy atom. The maximum Gasteiger partial charge on any atom is 0.214 e. The lowest BCUT2D eigenvalue weighted by Gasteiger charge is -2.25. The molecule has 1 rings (SSSR count). The van der Waals surface area contributed by atoms with Gasteiger partial charge in [0.05, 0.1) is 5.75 Å². The van der Waals surface area contributed by atoms with Gasteiger partial charge in [-0.2, -0.15) is 4.31 Å². The number of hydrogen-bond donors (Lipinski definition) is 1. The Morgan fingerprint density at radius 3 is 2.48 bits per heavy atom. The van der Waals surface area contributed by atoms with Crippen LogP contribution in [0.2, 0.25) is 0 Å². The molecule has 0 bridgehead atoms. The summed E-state index contributed by atoms with van der Waals surface area (Å²) in [5.74, 6) is 0.232. The first kappa shape index (κ1) is 18.6. The molecule has 0 aliphatic heterocycles. The standard InChI is InChI=1S/C15H28N2O2S2/c1-13(2)16-9-5-6-11-21(18,19)17(14(3)4)12-15-8-7-10-20-15/h7-8,10,13-14,16H,5-6,9,11-12H2,1-4H3. The van der Waals surface area contributed by atoms with Crippen LogP contribution in [0.4, 0.5) is 0 Å². The molecular weight excluding hydrogens is 304 g/mol. The van der Waals surface area contributed by atoms with Gasteiger partial charge in [-0.15, -0.1) is 11.3 Å². The molecule has 0 saturated heterocycles. The third kappa shape index (κ3) is 6.91. The molecule has 0 aliphatic rings. The molecule has 6 heteroatoms. The van der Waals surface area contributed by atoms with Crippen molar-refractivity contribution in [3.63, 3.8) is 0 Å². The average Bonchev–Trinajstić information content (AvgIpc) is 2.87. The molecule has 1 N–H and O–H groups in total. The quantitative estimate of drug-likeness (QED) is 0.670. The molecule has 0 radical (unpaired) electrons. The van der Waals surface area contributed by atoms with E-state index in [-0.39, 0.29) is 11.8 Å². The fraction of sp³-hybridized carbons (Fsp3) is 0.733. The van der Waals surface area contributed by atoms with Gasteiger partial charge in [0.15, 0.2) is 0 Å². The number of hydrogen-bond acceptors (Lipinski definition) is 4. The van der Waals surface area contributed by atoms with E-state index in [1.54, 1.807) is 15.6 Å². The summed E-state index contributed by atoms with van der Waals surface area (Å²) in [6.07, 6.45) is 1.60. The molecule has 21 heavy (non-hydrogen) atoms. The SMILES string of the molecule is CC(C)NCCCCS(=O)(=O)N(Cc1cccs1)C(C)C. The normalized spacial score (nSPS) is 12.7. The van der Waals surface area contributed by atoms with Crippen molar-refractivity contribution >= 4 is 21.4 Å². The second-order valence-corrected chi connectivity index (χ2v) is 8.92. The van der Waals surface area contributed by atoms with Crippen LogP contribution >= 0.6 is 11.3 Å². The van der Waals surface area contributed by atoms with Gasteiger partial charge < -0.3 is 5.32 Å². The second kappa shape index (κ2) is 8.88. The fourth-order valence-electron chi connectivity index (χ4n) is 2.08. The molecule has 4 nitrogen and oxygen atoms in total. The van der Waals surface area contributed by atoms with Crippen molar-refractivity contribution in [2.45, 2.75) is 59.2 Å². The zero-order chi connectivity index (χ0) is 15.9. The Kier molecular flexibility index (Phi) is 7.87. The molecule has 0 unspecified atom stereocenters. The van der Waals surface area contributed by atoms with Crippen molar-refractivity contribution < 1.29 is 8.42 Å². The van der Waals surface area contributed by atoms with Gasteiger partial charge in [-0.25, -0.2) is 8.42 Å². The molecule has 1 aromatic rings. The molecular formula is C15H28N2O2S2. The summed E-state index contributed by atoms with van der Waals surface area (Å²) < 4.78 is 26.6. The van der Waals surface area contributed by atoms with Gasteiger partial charge in [-0.05, 0) is 44.7 Å². The smallest absolute Gasteiger partial charge is 0.214 e. The summed E-state index contributed by atoms with van der Waals surface area (Å²) in [5, 5.41) is 5.30. The zero-order valence-electron chi connectivity index (χ0n) is 13.5. The van der Waals surface area contributed by atoms with E-state index in [4.69, 9.17) is 0 Å². The predicted molar refractivity (Wildman–Crippen MR) is 91.2 cm³/mol. The molecule has 1 aromatic heterocycles. The van der Waals surface area contributed by atoms with Crippen molar-refractivity contribution in [2.75, 3.05) is 12.3 Å². The van der Waals surface area contributed by atoms with E-state index in [0.29, 0.717) is 19.0 Å². The van der Waals surface area contributed by atoms with Crippen LogP contribution in [0.5, 0.6) is 0 Å². The Balaban J connectivity index is 2.51. The van der Waals surface area contributed by atoms with E-state index in [2.05, 4.69) is 19.2 Å². The van der Waals surface area contributed by atoms with Crippen molar-refractivity contribution in [2.24, 2.45) is 0 Å². The van der Waals surface area contributed by atoms with Gasteiger partial charge in [0, 0.05) is 23.5 Å². The Morgan fingerprint density at radius 1 is 1.24 bits per heavy atom. The van der Waals surface area contributed by atoms with Crippen LogP contribution in [0.25, 0.3) is 0 Å². The van der Waals surface area contributed by atoms with Crippen LogP contribution in [0, 0.1) is 0 Å². The molecule has 0 spiro atoms. The molecule has 0 fully saturated rings. The van der Waals surface area contributed by atoms with E-state index in [0.717, 1.165) is 17.8 Å². The summed E-state index contributed by atoms with van der Waals surface area (Å²) in [5.41, 5.74) is 0. The van der Waals surface area contributed by atoms with Gasteiger partial charge in [-0.1, -0.05) is 19.9 Å². The third-order valence-electron chi connectivity index (χ3n) is 3.21. The van der Waals surface area contributed by atoms with E-state index in [1.807, 2.05) is 31.4 Å². The Bertz CT molecular complexity index is 482. The predicted octanol–water partition coefficient (Wildman–Crippen LogP) is 3.07. The fourth-order valence-corrected chi connectivity index (χ4v) is 4.64. The number of thiophene rings is 1. The number of rotatable bonds is 10. The second-order valence-electron chi connectivity index (χ2n) is 5.85. The van der Waals surface area contributed by atoms with Crippen molar-refractivity contribution in [1.82, 2.24) is 9.62 Å². The highest BCUT2D eigenvalue weighted by Crippen LogP contribution is 2.18. The lowest BCUT2D eigenvalue weighted by atomic mass is 10.3. The van der Waals surface area contributed by atoms with Gasteiger partial charge in [-0.3, -0.25) is 0 Å². The molecule has 122 valence electrons. The van der Waals surface area contributed by atoms with Crippen LogP contribution in [0.1, 0.15) is 45.4 Å². The maximum absolute atomic E-state index is 12.5. The third-order valence-corrected chi connectivity index (χ3v) is 6.14. The molecule has 0 aliphatic carbocycles. The van der Waals surface area contributed by atoms with Crippen LogP contribution < -0.4 is 5.32 Å². The maximum atomic E-state index is 12.5. The van der Waals surface area contributed by atoms with Crippen molar-refractivity contribution in [1.29, 1.82) is 0 Å². The number of unbranched alkanes of at least 4 members (excludes halogenated alkanes) is 1. The molecule has 0 amide bonds. The summed E-state index contributed by atoms with van der Waals surface area (Å²) in [7, 11) is -3.19. The average molecular weight is 333 g/mol. The Labute approximate surface area is 133 Å². The summed E-state index contributed by atoms with van der Waals surface area (Å²) in [6, 6.07) is 4.39. The highest BCUT2D eigenvalue weighted by atomic mass is 32.2. The summed E-state index contributed by atoms with van der Waals surface area (Å²) >= 11 is 1.60. The van der Waals surface area contributed by atoms with Crippen LogP contribution in [-0.4, -0.2) is 37.1 Å². The van der Waals surface area contributed by atoms with Gasteiger partial charge >= 0.3 is 0 Å². The minimum atomic E-state index is -3.19. The summed E-state index contributed by atoms with van der Waals surface area (Å²) in [4.78, 5) is 1.09. The van der Waals surface area contributed by atoms with Crippen LogP contribution in [0.15, 0.2) is 17.5 Å². The summed E-state index contributed by atoms with van der Waals surface area (Å²) in [6.45, 7) is 9.43. The van der Waals surface area contributed by atoms with E-state index in [1.165, 1.54) is 0 Å². The number of nitrogens with one attached hydrogen (secondary N) is 1. The van der Waals surface area contributed by atoms with Crippen molar-refractivity contribution in [3.05, 3.63) is 22.4 Å². The zero-order valence-corrected chi connectivity index (χ0v) is 15.1. The topological polar surface area (TPSA) is 49.4 Å². The molecule has 0 aromatic carbocycles. The largest absolute Gasteiger partial charge is 0.315 e. The highest BCUT2D eigenvalue weighted by Gasteiger charge is 2.24. The minimum absolute atomic E-state index is 0.00844. The molecule has 0 saturated carbocycles. The first-order valence-electron chi connectivity index (χ1n) is 7.58. The van der Waals surface area contributed by atoms with E-state index in [9.17, 15) is 8.42 Å². The van der Waals surface area contributed by atoms with E-state index < -0.39 is 10.0 Å². The van der Waals surface area contributed by atoms with E-state index >= 15 is 0 Å². The highest BCUT2D eigenvalue weighted by molar-refractivity contribution is 7.89. The monoisotopic (exact) mass is 332 g/mol. The molecule has 0 atom stereocenters. The van der Waals surface area contributed by atoms with Crippen LogP contribution in [-0.2, 0) is 16.6 Å². The van der Waals surface area contributed by atoms with Gasteiger partial charge in [0.1, 0.15) is 0 Å². The lowest BCUT2D eigenvalue weighted by molar-refractivity contribution is 0.350. The Hall–Kier alpha value is -0.430. The van der Waals surface area contributed by atoms with Crippen LogP contribution in [0.3, 0.4) is 0 Å². The van der Waals surface area contributed by atoms with Crippen molar-refractivity contribution in [3.8, 4) is 0 Å². The van der Waals surface area contributed by atoms with Gasteiger partial charge in [0.25, 0.3) is 0 Å². The number of nitrogens with zero attached hydrogens (tertiary/aromatic N) is 1. The van der Waals surface area contributed by atoms with Gasteiger partial charge in [0.2, 0.25) is 10.0 Å². The minimum Gasteiger partial charge on any atom is -0.315 e. The first-order chi connectivity index (χ1) is 9.83.